The van der Waals surface area contributed by atoms with Crippen LogP contribution in [0.5, 0.6) is 11.5 Å². The Morgan fingerprint density at radius 3 is 2.46 bits per heavy atom. The summed E-state index contributed by atoms with van der Waals surface area (Å²) in [6.45, 7) is 0.562. The molecule has 146 valence electrons. The van der Waals surface area contributed by atoms with Gasteiger partial charge in [0.25, 0.3) is 0 Å². The van der Waals surface area contributed by atoms with Gasteiger partial charge in [-0.25, -0.2) is 9.67 Å². The number of carboxylic acid groups (broad SMARTS) is 1. The van der Waals surface area contributed by atoms with Gasteiger partial charge < -0.3 is 20.3 Å². The third kappa shape index (κ3) is 4.12. The van der Waals surface area contributed by atoms with Crippen LogP contribution in [-0.4, -0.2) is 46.1 Å². The molecule has 3 rings (SSSR count). The lowest BCUT2D eigenvalue weighted by atomic mass is 9.95. The summed E-state index contributed by atoms with van der Waals surface area (Å²) < 4.78 is 12.8. The van der Waals surface area contributed by atoms with Gasteiger partial charge in [0.2, 0.25) is 0 Å². The molecule has 8 nitrogen and oxygen atoms in total. The molecule has 2 aromatic carbocycles. The van der Waals surface area contributed by atoms with E-state index < -0.39 is 12.0 Å². The van der Waals surface area contributed by atoms with E-state index in [1.807, 2.05) is 36.4 Å². The first kappa shape index (κ1) is 19.4. The highest BCUT2D eigenvalue weighted by Crippen LogP contribution is 2.37. The van der Waals surface area contributed by atoms with Crippen molar-refractivity contribution in [3.05, 3.63) is 60.2 Å². The molecular formula is C20H22N4O4. The Labute approximate surface area is 162 Å². The molecule has 0 amide bonds. The normalized spacial score (nSPS) is 11.8. The first-order valence-electron chi connectivity index (χ1n) is 8.67. The van der Waals surface area contributed by atoms with Crippen LogP contribution in [0.3, 0.4) is 0 Å². The second-order valence-corrected chi connectivity index (χ2v) is 6.26. The molecule has 1 unspecified atom stereocenters. The molecule has 3 N–H and O–H groups in total. The zero-order valence-corrected chi connectivity index (χ0v) is 15.7. The number of ether oxygens (including phenoxy) is 2. The number of aliphatic carboxylic acids is 1. The van der Waals surface area contributed by atoms with Crippen LogP contribution in [0.2, 0.25) is 0 Å². The topological polar surface area (TPSA) is 112 Å². The molecule has 8 heteroatoms. The first-order chi connectivity index (χ1) is 13.5. The number of nitrogens with zero attached hydrogens (tertiary/aromatic N) is 3. The molecule has 28 heavy (non-hydrogen) atoms. The van der Waals surface area contributed by atoms with Gasteiger partial charge in [-0.05, 0) is 28.8 Å². The van der Waals surface area contributed by atoms with Gasteiger partial charge >= 0.3 is 5.97 Å². The van der Waals surface area contributed by atoms with E-state index in [1.165, 1.54) is 20.5 Å². The number of hydrogen-bond acceptors (Lipinski definition) is 6. The maximum Gasteiger partial charge on any atom is 0.320 e. The minimum Gasteiger partial charge on any atom is -0.496 e. The van der Waals surface area contributed by atoms with Gasteiger partial charge in [-0.15, -0.1) is 0 Å². The fourth-order valence-corrected chi connectivity index (χ4v) is 3.08. The molecule has 0 bridgehead atoms. The number of methoxy groups -OCH3 is 2. The van der Waals surface area contributed by atoms with Gasteiger partial charge in [0.15, 0.2) is 0 Å². The fraction of sp³-hybridized carbons (Fsp3) is 0.250. The molecule has 0 aliphatic carbocycles. The minimum absolute atomic E-state index is 0.0998. The van der Waals surface area contributed by atoms with Crippen molar-refractivity contribution >= 4 is 5.97 Å². The summed E-state index contributed by atoms with van der Waals surface area (Å²) in [7, 11) is 3.07. The quantitative estimate of drug-likeness (QED) is 0.612. The minimum atomic E-state index is -1.08. The van der Waals surface area contributed by atoms with Crippen molar-refractivity contribution in [2.45, 2.75) is 19.0 Å². The average molecular weight is 382 g/mol. The summed E-state index contributed by atoms with van der Waals surface area (Å²) in [4.78, 5) is 15.1. The zero-order valence-electron chi connectivity index (χ0n) is 15.7. The van der Waals surface area contributed by atoms with E-state index in [2.05, 4.69) is 10.1 Å². The van der Waals surface area contributed by atoms with E-state index in [4.69, 9.17) is 20.3 Å². The Kier molecular flexibility index (Phi) is 5.90. The van der Waals surface area contributed by atoms with Crippen molar-refractivity contribution in [3.8, 4) is 22.6 Å². The molecule has 0 fully saturated rings. The van der Waals surface area contributed by atoms with Crippen molar-refractivity contribution in [2.75, 3.05) is 14.2 Å². The van der Waals surface area contributed by atoms with Crippen LogP contribution in [-0.2, 0) is 17.8 Å². The molecule has 3 aromatic rings. The molecule has 0 saturated carbocycles. The van der Waals surface area contributed by atoms with Crippen molar-refractivity contribution in [2.24, 2.45) is 5.73 Å². The van der Waals surface area contributed by atoms with Crippen LogP contribution in [0.4, 0.5) is 0 Å². The largest absolute Gasteiger partial charge is 0.496 e. The van der Waals surface area contributed by atoms with Gasteiger partial charge in [-0.2, -0.15) is 5.10 Å². The molecule has 0 aliphatic rings. The highest BCUT2D eigenvalue weighted by atomic mass is 16.5. The number of nitrogens with two attached hydrogens (primary N) is 1. The summed E-state index contributed by atoms with van der Waals surface area (Å²) in [6, 6.07) is 10.6. The highest BCUT2D eigenvalue weighted by molar-refractivity contribution is 5.75. The molecule has 0 saturated heterocycles. The predicted molar refractivity (Wildman–Crippen MR) is 103 cm³/mol. The number of benzene rings is 2. The standard InChI is InChI=1S/C20H22N4O4/c1-27-18-7-14(8-19(28-2)16(18)9-17(21)20(25)26)15-6-4-3-5-13(15)10-24-12-22-11-23-24/h3-8,11-12,17H,9-10,21H2,1-2H3,(H,25,26). The summed E-state index contributed by atoms with van der Waals surface area (Å²) in [5.74, 6) is -0.0189. The first-order valence-corrected chi connectivity index (χ1v) is 8.67. The van der Waals surface area contributed by atoms with Gasteiger partial charge in [-0.1, -0.05) is 24.3 Å². The third-order valence-corrected chi connectivity index (χ3v) is 4.48. The van der Waals surface area contributed by atoms with Crippen LogP contribution in [0.1, 0.15) is 11.1 Å². The summed E-state index contributed by atoms with van der Waals surface area (Å²) in [6.07, 6.45) is 3.26. The van der Waals surface area contributed by atoms with E-state index in [0.29, 0.717) is 23.6 Å². The van der Waals surface area contributed by atoms with Gasteiger partial charge in [0.05, 0.1) is 20.8 Å². The molecule has 1 heterocycles. The lowest BCUT2D eigenvalue weighted by molar-refractivity contribution is -0.138. The van der Waals surface area contributed by atoms with Crippen LogP contribution in [0, 0.1) is 0 Å². The van der Waals surface area contributed by atoms with Gasteiger partial charge in [0, 0.05) is 12.0 Å². The number of carbonyl (C=O) groups is 1. The molecule has 0 radical (unpaired) electrons. The van der Waals surface area contributed by atoms with Gasteiger partial charge in [0.1, 0.15) is 30.2 Å². The van der Waals surface area contributed by atoms with Crippen molar-refractivity contribution in [1.29, 1.82) is 0 Å². The van der Waals surface area contributed by atoms with E-state index in [1.54, 1.807) is 11.0 Å². The Hall–Kier alpha value is -3.39. The second kappa shape index (κ2) is 8.53. The maximum absolute atomic E-state index is 11.2. The molecule has 1 atom stereocenters. The van der Waals surface area contributed by atoms with E-state index in [-0.39, 0.29) is 6.42 Å². The highest BCUT2D eigenvalue weighted by Gasteiger charge is 2.20. The molecule has 1 aromatic heterocycles. The number of rotatable bonds is 8. The maximum atomic E-state index is 11.2. The monoisotopic (exact) mass is 382 g/mol. The van der Waals surface area contributed by atoms with E-state index in [0.717, 1.165) is 16.7 Å². The number of hydrogen-bond donors (Lipinski definition) is 2. The van der Waals surface area contributed by atoms with Crippen molar-refractivity contribution in [1.82, 2.24) is 14.8 Å². The summed E-state index contributed by atoms with van der Waals surface area (Å²) in [5.41, 5.74) is 9.26. The third-order valence-electron chi connectivity index (χ3n) is 4.48. The lowest BCUT2D eigenvalue weighted by Crippen LogP contribution is -2.32. The van der Waals surface area contributed by atoms with Crippen LogP contribution in [0.25, 0.3) is 11.1 Å². The zero-order chi connectivity index (χ0) is 20.1. The Balaban J connectivity index is 2.05. The van der Waals surface area contributed by atoms with Crippen molar-refractivity contribution < 1.29 is 19.4 Å². The lowest BCUT2D eigenvalue weighted by Gasteiger charge is -2.18. The second-order valence-electron chi connectivity index (χ2n) is 6.26. The average Bonchev–Trinajstić information content (AvgIpc) is 3.21. The molecule has 0 spiro atoms. The van der Waals surface area contributed by atoms with E-state index in [9.17, 15) is 4.79 Å². The van der Waals surface area contributed by atoms with Crippen LogP contribution < -0.4 is 15.2 Å². The number of carboxylic acids is 1. The van der Waals surface area contributed by atoms with E-state index >= 15 is 0 Å². The smallest absolute Gasteiger partial charge is 0.320 e. The fourth-order valence-electron chi connectivity index (χ4n) is 3.08. The van der Waals surface area contributed by atoms with Crippen molar-refractivity contribution in [3.63, 3.8) is 0 Å². The SMILES string of the molecule is COc1cc(-c2ccccc2Cn2cncn2)cc(OC)c1CC(N)C(=O)O. The van der Waals surface area contributed by atoms with Crippen LogP contribution in [0.15, 0.2) is 49.1 Å². The van der Waals surface area contributed by atoms with Crippen LogP contribution >= 0.6 is 0 Å². The Morgan fingerprint density at radius 2 is 1.89 bits per heavy atom. The number of aromatic nitrogens is 3. The molecule has 0 aliphatic heterocycles. The van der Waals surface area contributed by atoms with Gasteiger partial charge in [-0.3, -0.25) is 4.79 Å². The molecular weight excluding hydrogens is 360 g/mol. The summed E-state index contributed by atoms with van der Waals surface area (Å²) in [5, 5.41) is 13.3. The Morgan fingerprint density at radius 1 is 1.21 bits per heavy atom. The Bertz CT molecular complexity index is 932. The summed E-state index contributed by atoms with van der Waals surface area (Å²) >= 11 is 0. The predicted octanol–water partition coefficient (Wildman–Crippen LogP) is 1.96.